The second-order valence-electron chi connectivity index (χ2n) is 10.3. The van der Waals surface area contributed by atoms with Crippen LogP contribution in [0.15, 0.2) is 121 Å². The summed E-state index contributed by atoms with van der Waals surface area (Å²) in [4.78, 5) is 2.38. The van der Waals surface area contributed by atoms with E-state index < -0.39 is 0 Å². The van der Waals surface area contributed by atoms with E-state index in [9.17, 15) is 0 Å². The molecule has 0 saturated carbocycles. The van der Waals surface area contributed by atoms with Gasteiger partial charge in [-0.05, 0) is 77.6 Å². The maximum Gasteiger partial charge on any atom is 0.0465 e. The number of anilines is 3. The molecule has 1 unspecified atom stereocenters. The van der Waals surface area contributed by atoms with Crippen molar-refractivity contribution in [3.05, 3.63) is 138 Å². The first-order valence-corrected chi connectivity index (χ1v) is 12.6. The molecule has 0 saturated heterocycles. The van der Waals surface area contributed by atoms with E-state index in [0.717, 1.165) is 6.42 Å². The summed E-state index contributed by atoms with van der Waals surface area (Å²) < 4.78 is 0. The van der Waals surface area contributed by atoms with Crippen molar-refractivity contribution in [3.8, 4) is 11.1 Å². The van der Waals surface area contributed by atoms with E-state index in [2.05, 4.69) is 141 Å². The highest BCUT2D eigenvalue weighted by Crippen LogP contribution is 2.50. The van der Waals surface area contributed by atoms with Crippen LogP contribution in [0.5, 0.6) is 0 Å². The van der Waals surface area contributed by atoms with Gasteiger partial charge in [-0.1, -0.05) is 98.3 Å². The zero-order chi connectivity index (χ0) is 24.0. The van der Waals surface area contributed by atoms with Crippen LogP contribution in [-0.2, 0) is 5.41 Å². The lowest BCUT2D eigenvalue weighted by atomic mass is 9.82. The lowest BCUT2D eigenvalue weighted by molar-refractivity contribution is 0.660. The van der Waals surface area contributed by atoms with Gasteiger partial charge in [0, 0.05) is 28.4 Å². The van der Waals surface area contributed by atoms with Crippen molar-refractivity contribution in [2.45, 2.75) is 38.5 Å². The highest BCUT2D eigenvalue weighted by molar-refractivity contribution is 5.85. The van der Waals surface area contributed by atoms with Gasteiger partial charge < -0.3 is 4.90 Å². The Labute approximate surface area is 209 Å². The predicted octanol–water partition coefficient (Wildman–Crippen LogP) is 9.45. The first kappa shape index (κ1) is 21.7. The molecule has 1 nitrogen and oxygen atoms in total. The highest BCUT2D eigenvalue weighted by Gasteiger charge is 2.35. The second kappa shape index (κ2) is 8.43. The number of allylic oxidation sites excluding steroid dienone is 4. The largest absolute Gasteiger partial charge is 0.310 e. The molecular formula is C34H31N. The maximum absolute atomic E-state index is 2.40. The molecule has 0 radical (unpaired) electrons. The molecule has 0 bridgehead atoms. The van der Waals surface area contributed by atoms with Crippen LogP contribution in [0.25, 0.3) is 11.1 Å². The molecule has 172 valence electrons. The first-order chi connectivity index (χ1) is 17.0. The summed E-state index contributed by atoms with van der Waals surface area (Å²) in [5.41, 5.74) is 11.8. The summed E-state index contributed by atoms with van der Waals surface area (Å²) in [6.45, 7) is 6.86. The monoisotopic (exact) mass is 453 g/mol. The molecule has 1 atom stereocenters. The zero-order valence-corrected chi connectivity index (χ0v) is 20.7. The zero-order valence-electron chi connectivity index (χ0n) is 20.7. The van der Waals surface area contributed by atoms with Crippen molar-refractivity contribution in [1.82, 2.24) is 0 Å². The molecule has 6 rings (SSSR count). The van der Waals surface area contributed by atoms with Gasteiger partial charge in [0.2, 0.25) is 0 Å². The Morgan fingerprint density at radius 1 is 0.686 bits per heavy atom. The topological polar surface area (TPSA) is 3.24 Å². The second-order valence-corrected chi connectivity index (χ2v) is 10.3. The van der Waals surface area contributed by atoms with E-state index in [1.54, 1.807) is 0 Å². The molecule has 0 spiro atoms. The third-order valence-electron chi connectivity index (χ3n) is 7.70. The minimum atomic E-state index is -0.0207. The molecule has 0 N–H and O–H groups in total. The van der Waals surface area contributed by atoms with Crippen LogP contribution < -0.4 is 4.90 Å². The van der Waals surface area contributed by atoms with Crippen molar-refractivity contribution >= 4 is 17.1 Å². The standard InChI is InChI=1S/C34H31N/c1-24-13-15-25(16-14-24)26-17-19-28(20-18-26)35(27-9-5-4-6-10-27)29-21-22-31-30-11-7-8-12-32(30)34(2,3)33(31)23-29/h4-15,17-23,25H,16H2,1-3H3. The summed E-state index contributed by atoms with van der Waals surface area (Å²) in [5, 5.41) is 0. The van der Waals surface area contributed by atoms with Gasteiger partial charge in [-0.25, -0.2) is 0 Å². The molecule has 4 aromatic rings. The van der Waals surface area contributed by atoms with Gasteiger partial charge in [0.15, 0.2) is 0 Å². The molecule has 2 aliphatic carbocycles. The number of rotatable bonds is 4. The van der Waals surface area contributed by atoms with Gasteiger partial charge in [-0.2, -0.15) is 0 Å². The van der Waals surface area contributed by atoms with Crippen LogP contribution in [0.1, 0.15) is 49.8 Å². The van der Waals surface area contributed by atoms with Crippen molar-refractivity contribution in [2.24, 2.45) is 0 Å². The third-order valence-corrected chi connectivity index (χ3v) is 7.70. The minimum Gasteiger partial charge on any atom is -0.310 e. The quantitative estimate of drug-likeness (QED) is 0.297. The molecule has 0 aromatic heterocycles. The summed E-state index contributed by atoms with van der Waals surface area (Å²) >= 11 is 0. The fraction of sp³-hybridized carbons (Fsp3) is 0.176. The molecule has 2 aliphatic rings. The fourth-order valence-electron chi connectivity index (χ4n) is 5.70. The molecule has 0 amide bonds. The van der Waals surface area contributed by atoms with E-state index in [1.807, 2.05) is 0 Å². The Morgan fingerprint density at radius 2 is 1.34 bits per heavy atom. The van der Waals surface area contributed by atoms with Crippen molar-refractivity contribution < 1.29 is 0 Å². The molecule has 0 fully saturated rings. The Morgan fingerprint density at radius 3 is 2.09 bits per heavy atom. The van der Waals surface area contributed by atoms with Crippen LogP contribution in [0, 0.1) is 0 Å². The van der Waals surface area contributed by atoms with Crippen molar-refractivity contribution in [1.29, 1.82) is 0 Å². The average molecular weight is 454 g/mol. The summed E-state index contributed by atoms with van der Waals surface area (Å²) in [6, 6.07) is 35.6. The number of hydrogen-bond acceptors (Lipinski definition) is 1. The number of hydrogen-bond donors (Lipinski definition) is 0. The van der Waals surface area contributed by atoms with Crippen LogP contribution in [0.4, 0.5) is 17.1 Å². The predicted molar refractivity (Wildman–Crippen MR) is 149 cm³/mol. The molecule has 4 aromatic carbocycles. The summed E-state index contributed by atoms with van der Waals surface area (Å²) in [5.74, 6) is 0.456. The minimum absolute atomic E-state index is 0.0207. The Balaban J connectivity index is 1.42. The van der Waals surface area contributed by atoms with Gasteiger partial charge in [0.1, 0.15) is 0 Å². The Kier molecular flexibility index (Phi) is 5.22. The average Bonchev–Trinajstić information content (AvgIpc) is 3.12. The van der Waals surface area contributed by atoms with Gasteiger partial charge in [0.25, 0.3) is 0 Å². The van der Waals surface area contributed by atoms with E-state index in [0.29, 0.717) is 5.92 Å². The first-order valence-electron chi connectivity index (χ1n) is 12.6. The van der Waals surface area contributed by atoms with E-state index in [-0.39, 0.29) is 5.41 Å². The van der Waals surface area contributed by atoms with Crippen LogP contribution >= 0.6 is 0 Å². The highest BCUT2D eigenvalue weighted by atomic mass is 15.1. The van der Waals surface area contributed by atoms with Gasteiger partial charge in [0.05, 0.1) is 0 Å². The SMILES string of the molecule is CC1=CCC(c2ccc(N(c3ccccc3)c3ccc4c(c3)C(C)(C)c3ccccc3-4)cc2)C=C1. The van der Waals surface area contributed by atoms with E-state index in [4.69, 9.17) is 0 Å². The van der Waals surface area contributed by atoms with Crippen molar-refractivity contribution in [2.75, 3.05) is 4.90 Å². The maximum atomic E-state index is 2.40. The molecule has 35 heavy (non-hydrogen) atoms. The normalized spacial score (nSPS) is 17.5. The Hall–Kier alpha value is -3.84. The summed E-state index contributed by atoms with van der Waals surface area (Å²) in [7, 11) is 0. The smallest absolute Gasteiger partial charge is 0.0465 e. The fourth-order valence-corrected chi connectivity index (χ4v) is 5.70. The molecule has 0 aliphatic heterocycles. The van der Waals surface area contributed by atoms with Gasteiger partial charge in [-0.15, -0.1) is 0 Å². The molecule has 0 heterocycles. The Bertz CT molecular complexity index is 1440. The number of para-hydroxylation sites is 1. The van der Waals surface area contributed by atoms with Crippen LogP contribution in [0.3, 0.4) is 0 Å². The third kappa shape index (κ3) is 3.72. The van der Waals surface area contributed by atoms with E-state index in [1.165, 1.54) is 50.5 Å². The lowest BCUT2D eigenvalue weighted by Gasteiger charge is -2.28. The number of fused-ring (bicyclic) bond motifs is 3. The van der Waals surface area contributed by atoms with Crippen LogP contribution in [-0.4, -0.2) is 0 Å². The molecule has 1 heteroatoms. The van der Waals surface area contributed by atoms with Crippen LogP contribution in [0.2, 0.25) is 0 Å². The lowest BCUT2D eigenvalue weighted by Crippen LogP contribution is -2.16. The summed E-state index contributed by atoms with van der Waals surface area (Å²) in [6.07, 6.45) is 7.98. The van der Waals surface area contributed by atoms with Crippen molar-refractivity contribution in [3.63, 3.8) is 0 Å². The molecular weight excluding hydrogens is 422 g/mol. The number of benzene rings is 4. The van der Waals surface area contributed by atoms with Gasteiger partial charge in [-0.3, -0.25) is 0 Å². The number of nitrogens with zero attached hydrogens (tertiary/aromatic N) is 1. The van der Waals surface area contributed by atoms with Gasteiger partial charge >= 0.3 is 0 Å². The van der Waals surface area contributed by atoms with E-state index >= 15 is 0 Å².